The molecule has 1 fully saturated rings. The fourth-order valence-corrected chi connectivity index (χ4v) is 5.31. The van der Waals surface area contributed by atoms with Crippen LogP contribution in [0.4, 0.5) is 11.4 Å². The average Bonchev–Trinajstić information content (AvgIpc) is 2.92. The number of anilines is 2. The highest BCUT2D eigenvalue weighted by Gasteiger charge is 2.26. The number of nitrogens with one attached hydrogen (secondary N) is 2. The number of carbonyl (C=O) groups is 3. The molecule has 0 spiro atoms. The Balaban J connectivity index is 1.18. The van der Waals surface area contributed by atoms with Crippen LogP contribution in [0.25, 0.3) is 0 Å². The summed E-state index contributed by atoms with van der Waals surface area (Å²) in [4.78, 5) is 39.3. The predicted molar refractivity (Wildman–Crippen MR) is 151 cm³/mol. The number of rotatable bonds is 12. The number of carbonyl (C=O) groups excluding carboxylic acids is 3. The third-order valence-electron chi connectivity index (χ3n) is 6.99. The largest absolute Gasteiger partial charge is 0.494 e. The van der Waals surface area contributed by atoms with Gasteiger partial charge in [-0.3, -0.25) is 14.5 Å². The van der Waals surface area contributed by atoms with Crippen LogP contribution in [-0.2, 0) is 14.4 Å². The van der Waals surface area contributed by atoms with Gasteiger partial charge in [0.25, 0.3) is 0 Å². The maximum atomic E-state index is 12.2. The van der Waals surface area contributed by atoms with Gasteiger partial charge in [-0.1, -0.05) is 35.3 Å². The summed E-state index contributed by atoms with van der Waals surface area (Å²) < 4.78 is 5.97. The fraction of sp³-hybridized carbons (Fsp3) is 0.464. The number of hydrogen-bond acceptors (Lipinski definition) is 6. The van der Waals surface area contributed by atoms with Crippen molar-refractivity contribution in [3.63, 3.8) is 0 Å². The third-order valence-corrected chi connectivity index (χ3v) is 7.80. The molecule has 10 heteroatoms. The summed E-state index contributed by atoms with van der Waals surface area (Å²) in [5.41, 5.74) is 2.70. The van der Waals surface area contributed by atoms with Crippen LogP contribution in [-0.4, -0.2) is 68.9 Å². The molecule has 0 saturated carbocycles. The number of piperazine rings is 1. The second kappa shape index (κ2) is 13.8. The molecular weight excluding hydrogens is 527 g/mol. The summed E-state index contributed by atoms with van der Waals surface area (Å²) in [6.45, 7) is 5.77. The van der Waals surface area contributed by atoms with Gasteiger partial charge in [0.1, 0.15) is 12.0 Å². The molecule has 2 aromatic rings. The van der Waals surface area contributed by atoms with E-state index >= 15 is 0 Å². The zero-order valence-corrected chi connectivity index (χ0v) is 22.9. The van der Waals surface area contributed by atoms with E-state index < -0.39 is 0 Å². The zero-order valence-electron chi connectivity index (χ0n) is 21.4. The Hall–Kier alpha value is -2.81. The standard InChI is InChI=1S/C28H34Cl2N4O4/c29-23-5-3-6-25(28(23)30)34-13-11-33(12-14-34)10-1-2-16-38-21-8-9-22-20(17-27(37)32-24(22)18-21)19-31-26(36)7-4-15-35/h3,5-6,8-9,15,18,20H,1-2,4,7,10-14,16-17,19H2,(H,31,36)(H,32,37). The van der Waals surface area contributed by atoms with Crippen LogP contribution < -0.4 is 20.3 Å². The van der Waals surface area contributed by atoms with Crippen LogP contribution in [0.5, 0.6) is 5.75 Å². The highest BCUT2D eigenvalue weighted by molar-refractivity contribution is 6.43. The van der Waals surface area contributed by atoms with E-state index in [0.29, 0.717) is 35.4 Å². The first-order valence-corrected chi connectivity index (χ1v) is 13.9. The van der Waals surface area contributed by atoms with Crippen molar-refractivity contribution in [1.82, 2.24) is 10.2 Å². The minimum Gasteiger partial charge on any atom is -0.494 e. The van der Waals surface area contributed by atoms with E-state index in [9.17, 15) is 14.4 Å². The Morgan fingerprint density at radius 2 is 1.95 bits per heavy atom. The van der Waals surface area contributed by atoms with Gasteiger partial charge in [-0.15, -0.1) is 0 Å². The van der Waals surface area contributed by atoms with E-state index in [2.05, 4.69) is 20.4 Å². The van der Waals surface area contributed by atoms with Gasteiger partial charge in [0.15, 0.2) is 0 Å². The molecule has 38 heavy (non-hydrogen) atoms. The highest BCUT2D eigenvalue weighted by atomic mass is 35.5. The molecule has 2 N–H and O–H groups in total. The number of halogens is 2. The van der Waals surface area contributed by atoms with Crippen molar-refractivity contribution in [2.45, 2.75) is 38.0 Å². The topological polar surface area (TPSA) is 91.0 Å². The summed E-state index contributed by atoms with van der Waals surface area (Å²) >= 11 is 12.5. The number of aldehydes is 1. The molecule has 0 aromatic heterocycles. The number of unbranched alkanes of at least 4 members (excludes halogenated alkanes) is 1. The Bertz CT molecular complexity index is 1140. The molecule has 1 saturated heterocycles. The van der Waals surface area contributed by atoms with Crippen molar-refractivity contribution in [2.75, 3.05) is 56.1 Å². The van der Waals surface area contributed by atoms with Crippen molar-refractivity contribution in [3.8, 4) is 5.75 Å². The van der Waals surface area contributed by atoms with Gasteiger partial charge in [0, 0.05) is 69.7 Å². The second-order valence-electron chi connectivity index (χ2n) is 9.66. The number of hydrogen-bond donors (Lipinski definition) is 2. The predicted octanol–water partition coefficient (Wildman–Crippen LogP) is 4.50. The Labute approximate surface area is 233 Å². The summed E-state index contributed by atoms with van der Waals surface area (Å²) in [6.07, 6.45) is 3.36. The molecule has 2 aromatic carbocycles. The van der Waals surface area contributed by atoms with Gasteiger partial charge < -0.3 is 25.1 Å². The Morgan fingerprint density at radius 3 is 2.74 bits per heavy atom. The molecular formula is C28H34Cl2N4O4. The quantitative estimate of drug-likeness (QED) is 0.293. The lowest BCUT2D eigenvalue weighted by Gasteiger charge is -2.36. The number of amides is 2. The van der Waals surface area contributed by atoms with Gasteiger partial charge in [-0.25, -0.2) is 0 Å². The van der Waals surface area contributed by atoms with Gasteiger partial charge in [0.2, 0.25) is 11.8 Å². The molecule has 2 amide bonds. The van der Waals surface area contributed by atoms with E-state index in [1.165, 1.54) is 0 Å². The summed E-state index contributed by atoms with van der Waals surface area (Å²) in [6, 6.07) is 11.5. The Kier molecular flexibility index (Phi) is 10.3. The van der Waals surface area contributed by atoms with Gasteiger partial charge in [-0.05, 0) is 43.1 Å². The van der Waals surface area contributed by atoms with Gasteiger partial charge in [0.05, 0.1) is 22.3 Å². The van der Waals surface area contributed by atoms with E-state index in [0.717, 1.165) is 68.8 Å². The number of fused-ring (bicyclic) bond motifs is 1. The molecule has 8 nitrogen and oxygen atoms in total. The summed E-state index contributed by atoms with van der Waals surface area (Å²) in [5, 5.41) is 6.95. The van der Waals surface area contributed by atoms with Crippen LogP contribution in [0.2, 0.25) is 10.0 Å². The monoisotopic (exact) mass is 560 g/mol. The molecule has 4 rings (SSSR count). The van der Waals surface area contributed by atoms with Crippen molar-refractivity contribution in [2.24, 2.45) is 0 Å². The second-order valence-corrected chi connectivity index (χ2v) is 10.5. The van der Waals surface area contributed by atoms with Crippen LogP contribution in [0.3, 0.4) is 0 Å². The molecule has 1 atom stereocenters. The molecule has 2 heterocycles. The summed E-state index contributed by atoms with van der Waals surface area (Å²) in [5.74, 6) is 0.339. The highest BCUT2D eigenvalue weighted by Crippen LogP contribution is 2.35. The van der Waals surface area contributed by atoms with Gasteiger partial charge >= 0.3 is 0 Å². The van der Waals surface area contributed by atoms with Crippen molar-refractivity contribution < 1.29 is 19.1 Å². The Morgan fingerprint density at radius 1 is 1.13 bits per heavy atom. The van der Waals surface area contributed by atoms with Crippen LogP contribution in [0.15, 0.2) is 36.4 Å². The molecule has 0 radical (unpaired) electrons. The zero-order chi connectivity index (χ0) is 26.9. The number of ether oxygens (including phenoxy) is 1. The third kappa shape index (κ3) is 7.62. The lowest BCUT2D eigenvalue weighted by Crippen LogP contribution is -2.46. The number of benzene rings is 2. The fourth-order valence-electron chi connectivity index (χ4n) is 4.90. The average molecular weight is 562 g/mol. The molecule has 2 aliphatic heterocycles. The lowest BCUT2D eigenvalue weighted by atomic mass is 9.90. The van der Waals surface area contributed by atoms with E-state index in [1.54, 1.807) is 0 Å². The molecule has 2 aliphatic rings. The van der Waals surface area contributed by atoms with Gasteiger partial charge in [-0.2, -0.15) is 0 Å². The van der Waals surface area contributed by atoms with Crippen molar-refractivity contribution in [1.29, 1.82) is 0 Å². The smallest absolute Gasteiger partial charge is 0.225 e. The minimum absolute atomic E-state index is 0.0838. The van der Waals surface area contributed by atoms with Crippen molar-refractivity contribution >= 4 is 52.7 Å². The molecule has 204 valence electrons. The van der Waals surface area contributed by atoms with Crippen LogP contribution in [0, 0.1) is 0 Å². The SMILES string of the molecule is O=CCCC(=O)NCC1CC(=O)Nc2cc(OCCCCN3CCN(c4cccc(Cl)c4Cl)CC3)ccc21. The first-order valence-electron chi connectivity index (χ1n) is 13.1. The molecule has 1 unspecified atom stereocenters. The lowest BCUT2D eigenvalue weighted by molar-refractivity contribution is -0.123. The molecule has 0 aliphatic carbocycles. The minimum atomic E-state index is -0.183. The van der Waals surface area contributed by atoms with E-state index in [1.807, 2.05) is 36.4 Å². The number of nitrogens with zero attached hydrogens (tertiary/aromatic N) is 2. The van der Waals surface area contributed by atoms with Crippen LogP contribution >= 0.6 is 23.2 Å². The first kappa shape index (κ1) is 28.2. The maximum Gasteiger partial charge on any atom is 0.225 e. The van der Waals surface area contributed by atoms with E-state index in [4.69, 9.17) is 27.9 Å². The van der Waals surface area contributed by atoms with E-state index in [-0.39, 0.29) is 30.6 Å². The normalized spacial score (nSPS) is 17.5. The first-order chi connectivity index (χ1) is 18.4. The molecule has 0 bridgehead atoms. The summed E-state index contributed by atoms with van der Waals surface area (Å²) in [7, 11) is 0. The van der Waals surface area contributed by atoms with Crippen molar-refractivity contribution in [3.05, 3.63) is 52.0 Å². The maximum absolute atomic E-state index is 12.2. The van der Waals surface area contributed by atoms with Crippen LogP contribution in [0.1, 0.15) is 43.6 Å².